The third kappa shape index (κ3) is 1120. The fourth-order valence-electron chi connectivity index (χ4n) is 0. The summed E-state index contributed by atoms with van der Waals surface area (Å²) >= 11 is 0. The fraction of sp³-hybridized carbons (Fsp3) is 0.500. The van der Waals surface area contributed by atoms with Crippen LogP contribution < -0.4 is 62.9 Å². The van der Waals surface area contributed by atoms with Gasteiger partial charge in [-0.1, -0.05) is 0 Å². The zero-order valence-corrected chi connectivity index (χ0v) is 9.09. The molecule has 0 spiro atoms. The number of hydrogen-bond acceptors (Lipinski definition) is 2. The minimum absolute atomic E-state index is 0. The van der Waals surface area contributed by atoms with Crippen molar-refractivity contribution in [3.8, 4) is 0 Å². The predicted octanol–water partition coefficient (Wildman–Crippen LogP) is -3.90. The van der Waals surface area contributed by atoms with Crippen molar-refractivity contribution in [1.29, 1.82) is 0 Å². The van der Waals surface area contributed by atoms with E-state index in [1.165, 1.54) is 13.8 Å². The van der Waals surface area contributed by atoms with E-state index in [2.05, 4.69) is 11.5 Å². The second kappa shape index (κ2) is 11.4. The van der Waals surface area contributed by atoms with Gasteiger partial charge in [-0.05, 0) is 0 Å². The summed E-state index contributed by atoms with van der Waals surface area (Å²) in [6, 6.07) is 0. The van der Waals surface area contributed by atoms with Gasteiger partial charge in [0.1, 0.15) is 0 Å². The van der Waals surface area contributed by atoms with E-state index in [1.54, 1.807) is 0 Å². The van der Waals surface area contributed by atoms with Crippen LogP contribution in [-0.4, -0.2) is 11.8 Å². The molecule has 0 radical (unpaired) electrons. The van der Waals surface area contributed by atoms with Crippen molar-refractivity contribution in [3.63, 3.8) is 0 Å². The van der Waals surface area contributed by atoms with E-state index in [-0.39, 0.29) is 64.6 Å². The summed E-state index contributed by atoms with van der Waals surface area (Å²) in [5.74, 6) is -0.667. The van der Waals surface area contributed by atoms with Gasteiger partial charge in [0.15, 0.2) is 0 Å². The molecular formula is C4H11KN2O2. The standard InChI is InChI=1S/2C2H5NO.K.H/c2*1-2(3)4;;/h2*1H3,(H2,3,4);;/q;;+1;-1. The van der Waals surface area contributed by atoms with Crippen molar-refractivity contribution in [2.24, 2.45) is 11.5 Å². The maximum Gasteiger partial charge on any atom is 1.00 e. The van der Waals surface area contributed by atoms with E-state index in [1.807, 2.05) is 0 Å². The summed E-state index contributed by atoms with van der Waals surface area (Å²) in [4.78, 5) is 18.4. The Balaban J connectivity index is -0.0000000300. The van der Waals surface area contributed by atoms with Crippen LogP contribution in [0, 0.1) is 0 Å². The molecule has 0 aromatic carbocycles. The van der Waals surface area contributed by atoms with E-state index in [0.29, 0.717) is 0 Å². The van der Waals surface area contributed by atoms with Crippen molar-refractivity contribution in [2.45, 2.75) is 13.8 Å². The van der Waals surface area contributed by atoms with Gasteiger partial charge in [0.25, 0.3) is 0 Å². The molecule has 0 atom stereocenters. The van der Waals surface area contributed by atoms with Crippen LogP contribution in [-0.2, 0) is 9.59 Å². The molecule has 0 aromatic rings. The maximum absolute atomic E-state index is 9.22. The van der Waals surface area contributed by atoms with Gasteiger partial charge in [-0.2, -0.15) is 0 Å². The van der Waals surface area contributed by atoms with Gasteiger partial charge in [0, 0.05) is 13.8 Å². The molecule has 0 heterocycles. The number of hydrogen-bond donors (Lipinski definition) is 2. The fourth-order valence-corrected chi connectivity index (χ4v) is 0. The van der Waals surface area contributed by atoms with Crippen molar-refractivity contribution in [2.75, 3.05) is 0 Å². The normalized spacial score (nSPS) is 5.56. The van der Waals surface area contributed by atoms with Crippen molar-refractivity contribution in [1.82, 2.24) is 0 Å². The molecule has 0 bridgehead atoms. The van der Waals surface area contributed by atoms with Crippen LogP contribution in [0.5, 0.6) is 0 Å². The second-order valence-electron chi connectivity index (χ2n) is 1.22. The number of rotatable bonds is 0. The number of nitrogens with two attached hydrogens (primary N) is 2. The zero-order valence-electron chi connectivity index (χ0n) is 6.97. The Morgan fingerprint density at radius 2 is 1.11 bits per heavy atom. The molecule has 0 aromatic heterocycles. The quantitative estimate of drug-likeness (QED) is 0.353. The molecule has 0 unspecified atom stereocenters. The molecule has 0 saturated carbocycles. The first-order valence-electron chi connectivity index (χ1n) is 1.99. The third-order valence-corrected chi connectivity index (χ3v) is 0. The molecule has 9 heavy (non-hydrogen) atoms. The minimum atomic E-state index is -0.333. The third-order valence-electron chi connectivity index (χ3n) is 0. The average molecular weight is 158 g/mol. The summed E-state index contributed by atoms with van der Waals surface area (Å²) in [7, 11) is 0. The Morgan fingerprint density at radius 3 is 1.11 bits per heavy atom. The van der Waals surface area contributed by atoms with Crippen molar-refractivity contribution in [3.05, 3.63) is 0 Å². The summed E-state index contributed by atoms with van der Waals surface area (Å²) in [5.41, 5.74) is 8.94. The number of carbonyl (C=O) groups excluding carboxylic acids is 2. The summed E-state index contributed by atoms with van der Waals surface area (Å²) in [6.45, 7) is 2.61. The zero-order chi connectivity index (χ0) is 7.15. The van der Waals surface area contributed by atoms with Gasteiger partial charge in [0.05, 0.1) is 0 Å². The van der Waals surface area contributed by atoms with Gasteiger partial charge in [-0.25, -0.2) is 0 Å². The minimum Gasteiger partial charge on any atom is -1.00 e. The van der Waals surface area contributed by atoms with Crippen LogP contribution in [0.15, 0.2) is 0 Å². The molecule has 0 fully saturated rings. The molecule has 0 aliphatic carbocycles. The molecule has 0 rings (SSSR count). The van der Waals surface area contributed by atoms with Gasteiger partial charge < -0.3 is 12.9 Å². The molecule has 2 amide bonds. The van der Waals surface area contributed by atoms with Crippen molar-refractivity contribution < 1.29 is 62.4 Å². The molecule has 0 aliphatic rings. The Bertz CT molecular complexity index is 79.3. The monoisotopic (exact) mass is 158 g/mol. The summed E-state index contributed by atoms with van der Waals surface area (Å²) in [5, 5.41) is 0. The second-order valence-corrected chi connectivity index (χ2v) is 1.22. The van der Waals surface area contributed by atoms with E-state index in [4.69, 9.17) is 0 Å². The van der Waals surface area contributed by atoms with Crippen LogP contribution in [0.4, 0.5) is 0 Å². The maximum atomic E-state index is 9.22. The Morgan fingerprint density at radius 1 is 1.11 bits per heavy atom. The summed E-state index contributed by atoms with van der Waals surface area (Å²) in [6.07, 6.45) is 0. The largest absolute Gasteiger partial charge is 1.00 e. The topological polar surface area (TPSA) is 86.2 Å². The average Bonchev–Trinajstić information content (AvgIpc) is 1.25. The number of primary amides is 2. The van der Waals surface area contributed by atoms with Gasteiger partial charge in [-0.3, -0.25) is 9.59 Å². The number of carbonyl (C=O) groups is 2. The Hall–Kier alpha value is 0.576. The van der Waals surface area contributed by atoms with Gasteiger partial charge in [-0.15, -0.1) is 0 Å². The Kier molecular flexibility index (Phi) is 20.6. The molecule has 4 nitrogen and oxygen atoms in total. The first-order chi connectivity index (χ1) is 3.46. The first-order valence-corrected chi connectivity index (χ1v) is 1.99. The van der Waals surface area contributed by atoms with Gasteiger partial charge in [0.2, 0.25) is 11.8 Å². The van der Waals surface area contributed by atoms with Crippen LogP contribution in [0.25, 0.3) is 0 Å². The Labute approximate surface area is 98.3 Å². The van der Waals surface area contributed by atoms with Crippen LogP contribution in [0.1, 0.15) is 15.3 Å². The first kappa shape index (κ1) is 16.3. The molecule has 0 aliphatic heterocycles. The van der Waals surface area contributed by atoms with Crippen LogP contribution in [0.3, 0.4) is 0 Å². The van der Waals surface area contributed by atoms with Crippen LogP contribution in [0.2, 0.25) is 0 Å². The summed E-state index contributed by atoms with van der Waals surface area (Å²) < 4.78 is 0. The van der Waals surface area contributed by atoms with E-state index < -0.39 is 0 Å². The predicted molar refractivity (Wildman–Crippen MR) is 30.8 cm³/mol. The SMILES string of the molecule is CC(N)=O.CC(N)=O.[H-].[K+]. The smallest absolute Gasteiger partial charge is 1.00 e. The molecule has 5 heteroatoms. The van der Waals surface area contributed by atoms with Crippen molar-refractivity contribution >= 4 is 11.8 Å². The molecular weight excluding hydrogens is 147 g/mol. The molecule has 50 valence electrons. The van der Waals surface area contributed by atoms with E-state index >= 15 is 0 Å². The van der Waals surface area contributed by atoms with Crippen LogP contribution >= 0.6 is 0 Å². The molecule has 0 saturated heterocycles. The molecule has 4 N–H and O–H groups in total. The number of amides is 2. The van der Waals surface area contributed by atoms with E-state index in [9.17, 15) is 9.59 Å². The van der Waals surface area contributed by atoms with Gasteiger partial charge >= 0.3 is 51.4 Å². The van der Waals surface area contributed by atoms with E-state index in [0.717, 1.165) is 0 Å².